The first-order chi connectivity index (χ1) is 12.6. The maximum Gasteiger partial charge on any atom is 0.269 e. The number of carbonyl (C=O) groups excluding carboxylic acids is 2. The smallest absolute Gasteiger partial charge is 0.269 e. The van der Waals surface area contributed by atoms with Crippen molar-refractivity contribution < 1.29 is 9.59 Å². The second-order valence-electron chi connectivity index (χ2n) is 6.35. The molecule has 1 aromatic heterocycles. The number of aromatic nitrogens is 3. The average molecular weight is 373 g/mol. The summed E-state index contributed by atoms with van der Waals surface area (Å²) >= 11 is 1.34. The number of thioether (sulfide) groups is 1. The molecule has 1 aromatic carbocycles. The molecule has 0 saturated heterocycles. The van der Waals surface area contributed by atoms with E-state index >= 15 is 0 Å². The fourth-order valence-electron chi connectivity index (χ4n) is 3.16. The number of rotatable bonds is 5. The minimum atomic E-state index is -0.342. The molecule has 0 spiro atoms. The van der Waals surface area contributed by atoms with Crippen molar-refractivity contribution in [1.82, 2.24) is 25.6 Å². The largest absolute Gasteiger partial charge is 0.303 e. The summed E-state index contributed by atoms with van der Waals surface area (Å²) < 4.78 is 2.15. The first-order valence-electron chi connectivity index (χ1n) is 8.83. The van der Waals surface area contributed by atoms with Gasteiger partial charge in [0.15, 0.2) is 5.16 Å². The highest BCUT2D eigenvalue weighted by molar-refractivity contribution is 7.99. The van der Waals surface area contributed by atoms with Crippen LogP contribution in [0.25, 0.3) is 0 Å². The standard InChI is InChI=1S/C18H23N5O2S/c1-13-19-22-18(23(13)15-10-6-3-7-11-15)26-12-16(24)20-21-17(25)14-8-4-2-5-9-14/h2,4-5,8-9,15H,3,6-7,10-12H2,1H3,(H,20,24)(H,21,25). The van der Waals surface area contributed by atoms with Crippen LogP contribution >= 0.6 is 11.8 Å². The van der Waals surface area contributed by atoms with Gasteiger partial charge in [-0.15, -0.1) is 10.2 Å². The number of aryl methyl sites for hydroxylation is 1. The van der Waals surface area contributed by atoms with Gasteiger partial charge in [-0.1, -0.05) is 49.2 Å². The molecule has 0 aliphatic heterocycles. The summed E-state index contributed by atoms with van der Waals surface area (Å²) in [7, 11) is 0. The lowest BCUT2D eigenvalue weighted by molar-refractivity contribution is -0.119. The predicted molar refractivity (Wildman–Crippen MR) is 99.7 cm³/mol. The van der Waals surface area contributed by atoms with Crippen molar-refractivity contribution in [3.05, 3.63) is 41.7 Å². The first kappa shape index (κ1) is 18.4. The van der Waals surface area contributed by atoms with E-state index in [0.717, 1.165) is 23.8 Å². The zero-order chi connectivity index (χ0) is 18.4. The Labute approximate surface area is 156 Å². The van der Waals surface area contributed by atoms with Crippen LogP contribution in [-0.4, -0.2) is 32.3 Å². The summed E-state index contributed by atoms with van der Waals surface area (Å²) in [5, 5.41) is 9.15. The second kappa shape index (κ2) is 8.84. The molecule has 138 valence electrons. The van der Waals surface area contributed by atoms with E-state index in [1.54, 1.807) is 24.3 Å². The Hall–Kier alpha value is -2.35. The molecule has 1 heterocycles. The molecule has 1 aliphatic carbocycles. The fourth-order valence-corrected chi connectivity index (χ4v) is 4.01. The fraction of sp³-hybridized carbons (Fsp3) is 0.444. The second-order valence-corrected chi connectivity index (χ2v) is 7.29. The number of hydrogen-bond donors (Lipinski definition) is 2. The van der Waals surface area contributed by atoms with Crippen molar-refractivity contribution >= 4 is 23.6 Å². The molecule has 0 atom stereocenters. The maximum absolute atomic E-state index is 12.0. The van der Waals surface area contributed by atoms with Gasteiger partial charge in [0.2, 0.25) is 5.91 Å². The van der Waals surface area contributed by atoms with E-state index in [1.807, 2.05) is 13.0 Å². The molecule has 2 amide bonds. The summed E-state index contributed by atoms with van der Waals surface area (Å²) in [4.78, 5) is 24.0. The molecule has 1 saturated carbocycles. The highest BCUT2D eigenvalue weighted by atomic mass is 32.2. The zero-order valence-electron chi connectivity index (χ0n) is 14.8. The van der Waals surface area contributed by atoms with Crippen LogP contribution in [-0.2, 0) is 4.79 Å². The number of benzene rings is 1. The van der Waals surface area contributed by atoms with Crippen LogP contribution in [0.1, 0.15) is 54.3 Å². The maximum atomic E-state index is 12.0. The molecule has 0 unspecified atom stereocenters. The third-order valence-electron chi connectivity index (χ3n) is 4.46. The van der Waals surface area contributed by atoms with Gasteiger partial charge in [0, 0.05) is 11.6 Å². The van der Waals surface area contributed by atoms with E-state index in [4.69, 9.17) is 0 Å². The van der Waals surface area contributed by atoms with Crippen LogP contribution in [0.3, 0.4) is 0 Å². The van der Waals surface area contributed by atoms with Gasteiger partial charge in [0.1, 0.15) is 5.82 Å². The number of nitrogens with one attached hydrogen (secondary N) is 2. The predicted octanol–water partition coefficient (Wildman–Crippen LogP) is 2.65. The molecule has 3 rings (SSSR count). The van der Waals surface area contributed by atoms with Crippen LogP contribution < -0.4 is 10.9 Å². The molecule has 7 nitrogen and oxygen atoms in total. The van der Waals surface area contributed by atoms with Crippen molar-refractivity contribution in [3.8, 4) is 0 Å². The average Bonchev–Trinajstić information content (AvgIpc) is 3.06. The first-order valence-corrected chi connectivity index (χ1v) is 9.82. The normalized spacial score (nSPS) is 14.8. The molecular formula is C18H23N5O2S. The minimum Gasteiger partial charge on any atom is -0.303 e. The zero-order valence-corrected chi connectivity index (χ0v) is 15.6. The third kappa shape index (κ3) is 4.63. The van der Waals surface area contributed by atoms with Gasteiger partial charge in [0.05, 0.1) is 5.75 Å². The van der Waals surface area contributed by atoms with Crippen LogP contribution in [0.5, 0.6) is 0 Å². The van der Waals surface area contributed by atoms with E-state index in [1.165, 1.54) is 31.0 Å². The van der Waals surface area contributed by atoms with E-state index in [9.17, 15) is 9.59 Å². The summed E-state index contributed by atoms with van der Waals surface area (Å²) in [6, 6.07) is 9.16. The van der Waals surface area contributed by atoms with Gasteiger partial charge in [0.25, 0.3) is 5.91 Å². The Morgan fingerprint density at radius 2 is 1.85 bits per heavy atom. The van der Waals surface area contributed by atoms with E-state index in [0.29, 0.717) is 11.6 Å². The van der Waals surface area contributed by atoms with Crippen molar-refractivity contribution in [3.63, 3.8) is 0 Å². The molecule has 0 bridgehead atoms. The number of amides is 2. The van der Waals surface area contributed by atoms with Gasteiger partial charge in [-0.2, -0.15) is 0 Å². The van der Waals surface area contributed by atoms with Crippen LogP contribution in [0, 0.1) is 6.92 Å². The van der Waals surface area contributed by atoms with Gasteiger partial charge in [-0.3, -0.25) is 20.4 Å². The molecular weight excluding hydrogens is 350 g/mol. The Balaban J connectivity index is 1.51. The van der Waals surface area contributed by atoms with Crippen molar-refractivity contribution in [2.45, 2.75) is 50.2 Å². The van der Waals surface area contributed by atoms with Crippen molar-refractivity contribution in [2.75, 3.05) is 5.75 Å². The highest BCUT2D eigenvalue weighted by Crippen LogP contribution is 2.32. The molecule has 0 radical (unpaired) electrons. The monoisotopic (exact) mass is 373 g/mol. The van der Waals surface area contributed by atoms with Gasteiger partial charge < -0.3 is 4.57 Å². The summed E-state index contributed by atoms with van der Waals surface area (Å²) in [5.41, 5.74) is 5.36. The number of carbonyl (C=O) groups is 2. The molecule has 1 fully saturated rings. The van der Waals surface area contributed by atoms with E-state index in [-0.39, 0.29) is 17.6 Å². The highest BCUT2D eigenvalue weighted by Gasteiger charge is 2.21. The Kier molecular flexibility index (Phi) is 6.27. The van der Waals surface area contributed by atoms with Crippen LogP contribution in [0.4, 0.5) is 0 Å². The lowest BCUT2D eigenvalue weighted by atomic mass is 9.95. The van der Waals surface area contributed by atoms with Gasteiger partial charge in [-0.05, 0) is 31.9 Å². The number of hydrogen-bond acceptors (Lipinski definition) is 5. The number of hydrazine groups is 1. The van der Waals surface area contributed by atoms with Crippen molar-refractivity contribution in [2.24, 2.45) is 0 Å². The summed E-state index contributed by atoms with van der Waals surface area (Å²) in [6.07, 6.45) is 5.98. The van der Waals surface area contributed by atoms with Gasteiger partial charge in [-0.25, -0.2) is 0 Å². The molecule has 1 aliphatic rings. The van der Waals surface area contributed by atoms with E-state index < -0.39 is 0 Å². The third-order valence-corrected chi connectivity index (χ3v) is 5.40. The Bertz CT molecular complexity index is 756. The SMILES string of the molecule is Cc1nnc(SCC(=O)NNC(=O)c2ccccc2)n1C1CCCCC1. The molecule has 8 heteroatoms. The topological polar surface area (TPSA) is 88.9 Å². The molecule has 26 heavy (non-hydrogen) atoms. The summed E-state index contributed by atoms with van der Waals surface area (Å²) in [6.45, 7) is 1.95. The quantitative estimate of drug-likeness (QED) is 0.621. The Morgan fingerprint density at radius 1 is 1.12 bits per heavy atom. The lowest BCUT2D eigenvalue weighted by Gasteiger charge is -2.24. The Morgan fingerprint density at radius 3 is 2.58 bits per heavy atom. The summed E-state index contributed by atoms with van der Waals surface area (Å²) in [5.74, 6) is 0.428. The number of nitrogens with zero attached hydrogens (tertiary/aromatic N) is 3. The van der Waals surface area contributed by atoms with Crippen LogP contribution in [0.2, 0.25) is 0 Å². The van der Waals surface area contributed by atoms with Crippen molar-refractivity contribution in [1.29, 1.82) is 0 Å². The lowest BCUT2D eigenvalue weighted by Crippen LogP contribution is -2.42. The minimum absolute atomic E-state index is 0.167. The van der Waals surface area contributed by atoms with E-state index in [2.05, 4.69) is 25.6 Å². The van der Waals surface area contributed by atoms with Gasteiger partial charge >= 0.3 is 0 Å². The molecule has 2 aromatic rings. The molecule has 2 N–H and O–H groups in total. The van der Waals surface area contributed by atoms with Crippen LogP contribution in [0.15, 0.2) is 35.5 Å².